The summed E-state index contributed by atoms with van der Waals surface area (Å²) in [5.41, 5.74) is 26.0. The minimum Gasteiger partial charge on any atom is -0.461 e. The highest BCUT2D eigenvalue weighted by Crippen LogP contribution is 2.30. The summed E-state index contributed by atoms with van der Waals surface area (Å²) in [5, 5.41) is 10.6. The monoisotopic (exact) mass is 1460 g/mol. The van der Waals surface area contributed by atoms with Crippen molar-refractivity contribution < 1.29 is 76.3 Å². The lowest BCUT2D eigenvalue weighted by atomic mass is 9.87. The fraction of sp³-hybridized carbons (Fsp3) is 0.600. The molecule has 0 aromatic heterocycles. The molecule has 4 aromatic carbocycles. The number of hydrogen-bond donors (Lipinski definition) is 8. The quantitative estimate of drug-likeness (QED) is 0.0193. The van der Waals surface area contributed by atoms with Gasteiger partial charge in [-0.3, -0.25) is 0 Å². The standard InChI is InChI=1S/4C20H32N2O4/c4*1-13(2)25-18(23)17(22-19(24)26-20(4,5)6)12-16(14(3)21)15-10-8-7-9-11-15/h4*7-11,13-14,16-17H,12,21H2,1-6H3,(H,22,24)/t14-,16+,17+;14-,16+,17-;14-,16-,17+;14-,16-,17-/m1111/s1. The van der Waals surface area contributed by atoms with Crippen LogP contribution in [0.3, 0.4) is 0 Å². The van der Waals surface area contributed by atoms with E-state index in [0.29, 0.717) is 25.7 Å². The molecule has 4 amide bonds. The number of rotatable bonds is 28. The molecular formula is C80H128N8O16. The Labute approximate surface area is 620 Å². The number of hydrogen-bond acceptors (Lipinski definition) is 20. The van der Waals surface area contributed by atoms with Crippen LogP contribution in [0.1, 0.15) is 238 Å². The van der Waals surface area contributed by atoms with Gasteiger partial charge in [0.15, 0.2) is 0 Å². The third-order valence-electron chi connectivity index (χ3n) is 14.7. The molecule has 12 N–H and O–H groups in total. The Morgan fingerprint density at radius 2 is 0.423 bits per heavy atom. The summed E-state index contributed by atoms with van der Waals surface area (Å²) in [6, 6.07) is 34.6. The van der Waals surface area contributed by atoms with E-state index in [4.69, 9.17) is 60.8 Å². The Bertz CT molecular complexity index is 2740. The second-order valence-electron chi connectivity index (χ2n) is 31.2. The van der Waals surface area contributed by atoms with Crippen molar-refractivity contribution >= 4 is 48.3 Å². The fourth-order valence-electron chi connectivity index (χ4n) is 10.3. The van der Waals surface area contributed by atoms with Gasteiger partial charge in [0.05, 0.1) is 24.4 Å². The molecule has 4 aromatic rings. The molecule has 0 radical (unpaired) electrons. The number of nitrogens with one attached hydrogen (secondary N) is 4. The van der Waals surface area contributed by atoms with Crippen molar-refractivity contribution in [2.75, 3.05) is 0 Å². The molecule has 0 bridgehead atoms. The van der Waals surface area contributed by atoms with Crippen LogP contribution < -0.4 is 44.2 Å². The Hall–Kier alpha value is -8.32. The molecule has 0 aliphatic carbocycles. The van der Waals surface area contributed by atoms with Crippen molar-refractivity contribution in [3.8, 4) is 0 Å². The van der Waals surface area contributed by atoms with Gasteiger partial charge in [-0.25, -0.2) is 38.4 Å². The second kappa shape index (κ2) is 45.1. The Balaban J connectivity index is 0.000000693. The van der Waals surface area contributed by atoms with Crippen LogP contribution >= 0.6 is 0 Å². The first-order valence-electron chi connectivity index (χ1n) is 36.0. The molecule has 24 heteroatoms. The highest BCUT2D eigenvalue weighted by molar-refractivity contribution is 5.84. The lowest BCUT2D eigenvalue weighted by Crippen LogP contribution is -2.46. The molecule has 0 spiro atoms. The first kappa shape index (κ1) is 93.7. The first-order chi connectivity index (χ1) is 48.0. The molecule has 0 heterocycles. The molecule has 24 nitrogen and oxygen atoms in total. The van der Waals surface area contributed by atoms with Gasteiger partial charge >= 0.3 is 48.3 Å². The average molecular weight is 1460 g/mol. The molecular weight excluding hydrogens is 1330 g/mol. The normalized spacial score (nSPS) is 15.1. The predicted molar refractivity (Wildman–Crippen MR) is 407 cm³/mol. The van der Waals surface area contributed by atoms with Gasteiger partial charge in [0.1, 0.15) is 46.6 Å². The Morgan fingerprint density at radius 1 is 0.279 bits per heavy atom. The molecule has 0 fully saturated rings. The Morgan fingerprint density at radius 3 is 0.538 bits per heavy atom. The van der Waals surface area contributed by atoms with Crippen LogP contribution in [0.15, 0.2) is 121 Å². The van der Waals surface area contributed by atoms with E-state index in [9.17, 15) is 38.4 Å². The minimum atomic E-state index is -0.844. The van der Waals surface area contributed by atoms with Gasteiger partial charge in [-0.15, -0.1) is 0 Å². The van der Waals surface area contributed by atoms with Crippen LogP contribution in [0.5, 0.6) is 0 Å². The topological polar surface area (TPSA) is 363 Å². The summed E-state index contributed by atoms with van der Waals surface area (Å²) >= 11 is 0. The largest absolute Gasteiger partial charge is 0.461 e. The smallest absolute Gasteiger partial charge is 0.408 e. The summed E-state index contributed by atoms with van der Waals surface area (Å²) in [5.74, 6) is -2.43. The molecule has 0 saturated heterocycles. The van der Waals surface area contributed by atoms with Gasteiger partial charge in [0.25, 0.3) is 0 Å². The summed E-state index contributed by atoms with van der Waals surface area (Å²) in [7, 11) is 0. The molecule has 0 saturated carbocycles. The number of ether oxygens (including phenoxy) is 8. The maximum absolute atomic E-state index is 12.5. The van der Waals surface area contributed by atoms with E-state index in [1.54, 1.807) is 138 Å². The minimum absolute atomic E-state index is 0.115. The third-order valence-corrected chi connectivity index (χ3v) is 14.7. The average Bonchev–Trinajstić information content (AvgIpc) is 0.865. The van der Waals surface area contributed by atoms with Crippen LogP contribution in [0.2, 0.25) is 0 Å². The van der Waals surface area contributed by atoms with Crippen LogP contribution in [-0.4, -0.2) is 143 Å². The summed E-state index contributed by atoms with van der Waals surface area (Å²) < 4.78 is 42.4. The van der Waals surface area contributed by atoms with E-state index in [1.807, 2.05) is 149 Å². The van der Waals surface area contributed by atoms with Gasteiger partial charge in [-0.05, 0) is 214 Å². The molecule has 4 rings (SSSR count). The number of benzene rings is 4. The number of nitrogens with two attached hydrogens (primary N) is 4. The molecule has 584 valence electrons. The van der Waals surface area contributed by atoms with Crippen molar-refractivity contribution in [2.24, 2.45) is 22.9 Å². The Kier molecular flexibility index (Phi) is 40.7. The SMILES string of the molecule is CC(C)OC(=O)[C@@H](C[C@@H](c1ccccc1)[C@@H](C)N)NC(=O)OC(C)(C)C.CC(C)OC(=O)[C@@H](C[C@H](c1ccccc1)[C@@H](C)N)NC(=O)OC(C)(C)C.CC(C)OC(=O)[C@H](C[C@@H](c1ccccc1)[C@@H](C)N)NC(=O)OC(C)(C)C.CC(C)OC(=O)[C@H](C[C@H](c1ccccc1)[C@@H](C)N)NC(=O)OC(C)(C)C. The number of carbonyl (C=O) groups excluding carboxylic acids is 8. The molecule has 0 unspecified atom stereocenters. The zero-order valence-corrected chi connectivity index (χ0v) is 66.5. The van der Waals surface area contributed by atoms with Gasteiger partial charge < -0.3 is 82.1 Å². The fourth-order valence-corrected chi connectivity index (χ4v) is 10.3. The van der Waals surface area contributed by atoms with Crippen LogP contribution in [0, 0.1) is 0 Å². The zero-order valence-electron chi connectivity index (χ0n) is 66.5. The van der Waals surface area contributed by atoms with Crippen LogP contribution in [-0.2, 0) is 57.1 Å². The third kappa shape index (κ3) is 41.2. The maximum Gasteiger partial charge on any atom is 0.408 e. The molecule has 104 heavy (non-hydrogen) atoms. The number of esters is 4. The summed E-state index contributed by atoms with van der Waals surface area (Å²) in [6.07, 6.45) is -2.44. The lowest BCUT2D eigenvalue weighted by Gasteiger charge is -2.28. The zero-order chi connectivity index (χ0) is 79.6. The van der Waals surface area contributed by atoms with Crippen LogP contribution in [0.25, 0.3) is 0 Å². The lowest BCUT2D eigenvalue weighted by molar-refractivity contribution is -0.151. The number of carbonyl (C=O) groups is 8. The van der Waals surface area contributed by atoms with E-state index in [2.05, 4.69) is 21.3 Å². The van der Waals surface area contributed by atoms with Crippen LogP contribution in [0.4, 0.5) is 19.2 Å². The van der Waals surface area contributed by atoms with Crippen molar-refractivity contribution in [1.82, 2.24) is 21.3 Å². The van der Waals surface area contributed by atoms with Gasteiger partial charge in [0.2, 0.25) is 0 Å². The van der Waals surface area contributed by atoms with E-state index in [1.165, 1.54) is 0 Å². The van der Waals surface area contributed by atoms with Crippen molar-refractivity contribution in [3.63, 3.8) is 0 Å². The van der Waals surface area contributed by atoms with E-state index < -0.39 is 94.8 Å². The van der Waals surface area contributed by atoms with Gasteiger partial charge in [-0.1, -0.05) is 121 Å². The van der Waals surface area contributed by atoms with E-state index in [-0.39, 0.29) is 72.3 Å². The van der Waals surface area contributed by atoms with E-state index in [0.717, 1.165) is 22.3 Å². The molecule has 0 aliphatic rings. The molecule has 0 aliphatic heterocycles. The summed E-state index contributed by atoms with van der Waals surface area (Å²) in [6.45, 7) is 42.9. The maximum atomic E-state index is 12.5. The predicted octanol–water partition coefficient (Wildman–Crippen LogP) is 13.4. The first-order valence-corrected chi connectivity index (χ1v) is 36.0. The van der Waals surface area contributed by atoms with Crippen molar-refractivity contribution in [3.05, 3.63) is 144 Å². The van der Waals surface area contributed by atoms with Gasteiger partial charge in [0, 0.05) is 47.8 Å². The second-order valence-corrected chi connectivity index (χ2v) is 31.2. The number of alkyl carbamates (subject to hydrolysis) is 4. The molecule has 12 atom stereocenters. The van der Waals surface area contributed by atoms with Crippen molar-refractivity contribution in [1.29, 1.82) is 0 Å². The highest BCUT2D eigenvalue weighted by atomic mass is 16.6. The van der Waals surface area contributed by atoms with Crippen molar-refractivity contribution in [2.45, 2.75) is 311 Å². The van der Waals surface area contributed by atoms with E-state index >= 15 is 0 Å². The number of amides is 4. The van der Waals surface area contributed by atoms with Gasteiger partial charge in [-0.2, -0.15) is 0 Å². The summed E-state index contributed by atoms with van der Waals surface area (Å²) in [4.78, 5) is 98.7. The highest BCUT2D eigenvalue weighted by Gasteiger charge is 2.36.